The van der Waals surface area contributed by atoms with Crippen molar-refractivity contribution in [3.63, 3.8) is 0 Å². The van der Waals surface area contributed by atoms with E-state index in [1.165, 1.54) is 0 Å². The van der Waals surface area contributed by atoms with Crippen LogP contribution in [0.15, 0.2) is 23.1 Å². The highest BCUT2D eigenvalue weighted by molar-refractivity contribution is 7.98. The van der Waals surface area contributed by atoms with Crippen molar-refractivity contribution in [3.8, 4) is 0 Å². The fourth-order valence-electron chi connectivity index (χ4n) is 2.75. The lowest BCUT2D eigenvalue weighted by atomic mass is 9.91. The molecule has 3 nitrogen and oxygen atoms in total. The Morgan fingerprint density at radius 3 is 2.90 bits per heavy atom. The summed E-state index contributed by atoms with van der Waals surface area (Å²) in [5, 5.41) is 0. The summed E-state index contributed by atoms with van der Waals surface area (Å²) >= 11 is 1.67. The summed E-state index contributed by atoms with van der Waals surface area (Å²) in [5.74, 6) is 0.584. The van der Waals surface area contributed by atoms with Crippen LogP contribution in [0.25, 0.3) is 0 Å². The molecular weight excluding hydrogens is 268 g/mol. The van der Waals surface area contributed by atoms with E-state index in [1.807, 2.05) is 37.1 Å². The molecular formula is C16H24N2OS. The predicted molar refractivity (Wildman–Crippen MR) is 85.2 cm³/mol. The summed E-state index contributed by atoms with van der Waals surface area (Å²) in [6, 6.07) is 6.27. The molecule has 1 saturated heterocycles. The van der Waals surface area contributed by atoms with E-state index in [-0.39, 0.29) is 11.9 Å². The SMILES string of the molecule is CSc1ccc(C)c(C(=O)N2CCCC(C(C)N)C2)c1. The molecule has 1 fully saturated rings. The number of nitrogens with two attached hydrogens (primary N) is 1. The highest BCUT2D eigenvalue weighted by Gasteiger charge is 2.27. The number of amides is 1. The van der Waals surface area contributed by atoms with Crippen molar-refractivity contribution < 1.29 is 4.79 Å². The minimum Gasteiger partial charge on any atom is -0.338 e. The van der Waals surface area contributed by atoms with Crippen LogP contribution in [0.5, 0.6) is 0 Å². The van der Waals surface area contributed by atoms with Gasteiger partial charge in [-0.2, -0.15) is 0 Å². The molecule has 2 N–H and O–H groups in total. The molecule has 1 amide bonds. The van der Waals surface area contributed by atoms with Gasteiger partial charge >= 0.3 is 0 Å². The average molecular weight is 292 g/mol. The predicted octanol–water partition coefficient (Wildman–Crippen LogP) is 2.92. The first-order valence-corrected chi connectivity index (χ1v) is 8.45. The topological polar surface area (TPSA) is 46.3 Å². The number of likely N-dealkylation sites (tertiary alicyclic amines) is 1. The van der Waals surface area contributed by atoms with Crippen LogP contribution >= 0.6 is 11.8 Å². The third kappa shape index (κ3) is 3.36. The average Bonchev–Trinajstić information content (AvgIpc) is 2.47. The molecule has 1 heterocycles. The second-order valence-corrected chi connectivity index (χ2v) is 6.57. The number of hydrogen-bond acceptors (Lipinski definition) is 3. The van der Waals surface area contributed by atoms with Crippen LogP contribution in [0.1, 0.15) is 35.7 Å². The minimum absolute atomic E-state index is 0.156. The monoisotopic (exact) mass is 292 g/mol. The van der Waals surface area contributed by atoms with E-state index in [1.54, 1.807) is 11.8 Å². The maximum Gasteiger partial charge on any atom is 0.254 e. The Balaban J connectivity index is 2.18. The van der Waals surface area contributed by atoms with Crippen LogP contribution < -0.4 is 5.73 Å². The van der Waals surface area contributed by atoms with Gasteiger partial charge in [0, 0.05) is 29.6 Å². The van der Waals surface area contributed by atoms with E-state index in [4.69, 9.17) is 5.73 Å². The Bertz CT molecular complexity index is 487. The number of thioether (sulfide) groups is 1. The highest BCUT2D eigenvalue weighted by atomic mass is 32.2. The minimum atomic E-state index is 0.156. The second kappa shape index (κ2) is 6.64. The van der Waals surface area contributed by atoms with Gasteiger partial charge in [-0.25, -0.2) is 0 Å². The number of carbonyl (C=O) groups excluding carboxylic acids is 1. The van der Waals surface area contributed by atoms with E-state index in [0.717, 1.165) is 42.0 Å². The molecule has 110 valence electrons. The van der Waals surface area contributed by atoms with E-state index >= 15 is 0 Å². The Labute approximate surface area is 125 Å². The van der Waals surface area contributed by atoms with Gasteiger partial charge in [0.05, 0.1) is 0 Å². The number of aryl methyl sites for hydroxylation is 1. The lowest BCUT2D eigenvalue weighted by Crippen LogP contribution is -2.45. The van der Waals surface area contributed by atoms with Gasteiger partial charge in [0.1, 0.15) is 0 Å². The molecule has 1 aliphatic heterocycles. The fourth-order valence-corrected chi connectivity index (χ4v) is 3.19. The van der Waals surface area contributed by atoms with Crippen molar-refractivity contribution in [1.29, 1.82) is 0 Å². The Hall–Kier alpha value is -1.00. The summed E-state index contributed by atoms with van der Waals surface area (Å²) in [5.41, 5.74) is 7.89. The standard InChI is InChI=1S/C16H24N2OS/c1-11-6-7-14(20-3)9-15(11)16(19)18-8-4-5-13(10-18)12(2)17/h6-7,9,12-13H,4-5,8,10,17H2,1-3H3. The number of hydrogen-bond donors (Lipinski definition) is 1. The van der Waals surface area contributed by atoms with Gasteiger partial charge in [-0.15, -0.1) is 11.8 Å². The molecule has 1 aromatic carbocycles. The molecule has 1 aromatic rings. The molecule has 0 bridgehead atoms. The molecule has 2 rings (SSSR count). The van der Waals surface area contributed by atoms with Gasteiger partial charge in [-0.3, -0.25) is 4.79 Å². The first-order valence-electron chi connectivity index (χ1n) is 7.22. The zero-order valence-electron chi connectivity index (χ0n) is 12.6. The quantitative estimate of drug-likeness (QED) is 0.871. The van der Waals surface area contributed by atoms with E-state index in [0.29, 0.717) is 5.92 Å². The van der Waals surface area contributed by atoms with Crippen LogP contribution in [0.3, 0.4) is 0 Å². The summed E-state index contributed by atoms with van der Waals surface area (Å²) in [4.78, 5) is 15.8. The summed E-state index contributed by atoms with van der Waals surface area (Å²) in [6.45, 7) is 5.69. The smallest absolute Gasteiger partial charge is 0.254 e. The number of rotatable bonds is 3. The lowest BCUT2D eigenvalue weighted by Gasteiger charge is -2.35. The van der Waals surface area contributed by atoms with Crippen LogP contribution in [0.4, 0.5) is 0 Å². The first-order chi connectivity index (χ1) is 9.52. The number of nitrogens with zero attached hydrogens (tertiary/aromatic N) is 1. The van der Waals surface area contributed by atoms with Crippen molar-refractivity contribution in [2.75, 3.05) is 19.3 Å². The van der Waals surface area contributed by atoms with Crippen molar-refractivity contribution >= 4 is 17.7 Å². The third-order valence-electron chi connectivity index (χ3n) is 4.16. The molecule has 0 aromatic heterocycles. The Morgan fingerprint density at radius 1 is 1.50 bits per heavy atom. The molecule has 0 spiro atoms. The van der Waals surface area contributed by atoms with Crippen LogP contribution in [-0.2, 0) is 0 Å². The van der Waals surface area contributed by atoms with E-state index < -0.39 is 0 Å². The Kier molecular flexibility index (Phi) is 5.11. The molecule has 4 heteroatoms. The van der Waals surface area contributed by atoms with Gasteiger partial charge in [-0.05, 0) is 56.6 Å². The van der Waals surface area contributed by atoms with Gasteiger partial charge < -0.3 is 10.6 Å². The number of carbonyl (C=O) groups is 1. The third-order valence-corrected chi connectivity index (χ3v) is 4.89. The normalized spacial score (nSPS) is 20.8. The maximum absolute atomic E-state index is 12.7. The lowest BCUT2D eigenvalue weighted by molar-refractivity contribution is 0.0660. The zero-order valence-corrected chi connectivity index (χ0v) is 13.4. The van der Waals surface area contributed by atoms with Gasteiger partial charge in [0.2, 0.25) is 0 Å². The van der Waals surface area contributed by atoms with Crippen molar-refractivity contribution in [3.05, 3.63) is 29.3 Å². The Morgan fingerprint density at radius 2 is 2.25 bits per heavy atom. The first kappa shape index (κ1) is 15.4. The van der Waals surface area contributed by atoms with Crippen molar-refractivity contribution in [1.82, 2.24) is 4.90 Å². The van der Waals surface area contributed by atoms with Crippen molar-refractivity contribution in [2.24, 2.45) is 11.7 Å². The molecule has 2 unspecified atom stereocenters. The van der Waals surface area contributed by atoms with Gasteiger partial charge in [-0.1, -0.05) is 6.07 Å². The molecule has 2 atom stereocenters. The fraction of sp³-hybridized carbons (Fsp3) is 0.562. The maximum atomic E-state index is 12.7. The van der Waals surface area contributed by atoms with E-state index in [9.17, 15) is 4.79 Å². The summed E-state index contributed by atoms with van der Waals surface area (Å²) in [7, 11) is 0. The van der Waals surface area contributed by atoms with Crippen LogP contribution in [0.2, 0.25) is 0 Å². The summed E-state index contributed by atoms with van der Waals surface area (Å²) < 4.78 is 0. The molecule has 0 radical (unpaired) electrons. The van der Waals surface area contributed by atoms with Crippen LogP contribution in [0, 0.1) is 12.8 Å². The molecule has 0 aliphatic carbocycles. The highest BCUT2D eigenvalue weighted by Crippen LogP contribution is 2.24. The second-order valence-electron chi connectivity index (χ2n) is 5.69. The van der Waals surface area contributed by atoms with Gasteiger partial charge in [0.25, 0.3) is 5.91 Å². The van der Waals surface area contributed by atoms with Crippen LogP contribution in [-0.4, -0.2) is 36.2 Å². The van der Waals surface area contributed by atoms with E-state index in [2.05, 4.69) is 6.07 Å². The van der Waals surface area contributed by atoms with Gasteiger partial charge in [0.15, 0.2) is 0 Å². The number of benzene rings is 1. The molecule has 1 aliphatic rings. The largest absolute Gasteiger partial charge is 0.338 e. The number of piperidine rings is 1. The van der Waals surface area contributed by atoms with Crippen molar-refractivity contribution in [2.45, 2.75) is 37.6 Å². The molecule has 20 heavy (non-hydrogen) atoms. The summed E-state index contributed by atoms with van der Waals surface area (Å²) in [6.07, 6.45) is 4.22. The molecule has 0 saturated carbocycles. The zero-order chi connectivity index (χ0) is 14.7.